The van der Waals surface area contributed by atoms with Crippen LogP contribution in [0, 0.1) is 5.41 Å². The van der Waals surface area contributed by atoms with Crippen LogP contribution in [0.4, 0.5) is 0 Å². The first-order chi connectivity index (χ1) is 7.73. The minimum absolute atomic E-state index is 0.0760. The summed E-state index contributed by atoms with van der Waals surface area (Å²) in [5, 5.41) is 0. The molecule has 0 aromatic heterocycles. The van der Waals surface area contributed by atoms with Crippen molar-refractivity contribution in [3.8, 4) is 0 Å². The molecule has 100 valence electrons. The molecule has 0 bridgehead atoms. The second-order valence-corrected chi connectivity index (χ2v) is 6.33. The Morgan fingerprint density at radius 2 is 1.82 bits per heavy atom. The third-order valence-corrected chi connectivity index (χ3v) is 3.78. The molecular formula is C13H27N3O. The number of carbonyl (C=O) groups excluding carboxylic acids is 1. The van der Waals surface area contributed by atoms with Gasteiger partial charge in [-0.1, -0.05) is 20.8 Å². The van der Waals surface area contributed by atoms with Gasteiger partial charge in [0.25, 0.3) is 0 Å². The minimum atomic E-state index is -0.410. The minimum Gasteiger partial charge on any atom is -0.341 e. The number of nitrogens with zero attached hydrogens (tertiary/aromatic N) is 2. The Kier molecular flexibility index (Phi) is 4.55. The van der Waals surface area contributed by atoms with Gasteiger partial charge < -0.3 is 15.5 Å². The van der Waals surface area contributed by atoms with Crippen molar-refractivity contribution in [1.82, 2.24) is 9.80 Å². The Labute approximate surface area is 105 Å². The van der Waals surface area contributed by atoms with E-state index in [1.165, 1.54) is 0 Å². The quantitative estimate of drug-likeness (QED) is 0.782. The lowest BCUT2D eigenvalue weighted by Gasteiger charge is -2.38. The maximum absolute atomic E-state index is 12.3. The van der Waals surface area contributed by atoms with Crippen molar-refractivity contribution < 1.29 is 4.79 Å². The van der Waals surface area contributed by atoms with Crippen LogP contribution >= 0.6 is 0 Å². The van der Waals surface area contributed by atoms with E-state index in [4.69, 9.17) is 5.73 Å². The number of carbonyl (C=O) groups is 1. The zero-order valence-corrected chi connectivity index (χ0v) is 11.9. The van der Waals surface area contributed by atoms with Crippen molar-refractivity contribution in [1.29, 1.82) is 0 Å². The van der Waals surface area contributed by atoms with Crippen LogP contribution in [-0.2, 0) is 4.79 Å². The number of likely N-dealkylation sites (N-methyl/N-ethyl adjacent to an activating group) is 1. The molecular weight excluding hydrogens is 214 g/mol. The van der Waals surface area contributed by atoms with E-state index in [0.717, 1.165) is 25.9 Å². The van der Waals surface area contributed by atoms with Crippen LogP contribution in [0.15, 0.2) is 0 Å². The average molecular weight is 241 g/mol. The molecule has 4 nitrogen and oxygen atoms in total. The van der Waals surface area contributed by atoms with Crippen molar-refractivity contribution in [2.24, 2.45) is 11.1 Å². The maximum atomic E-state index is 12.3. The number of nitrogens with two attached hydrogens (primary N) is 1. The lowest BCUT2D eigenvalue weighted by molar-refractivity contribution is -0.136. The van der Waals surface area contributed by atoms with Gasteiger partial charge in [-0.05, 0) is 38.4 Å². The molecule has 2 N–H and O–H groups in total. The fraction of sp³-hybridized carbons (Fsp3) is 0.923. The van der Waals surface area contributed by atoms with E-state index < -0.39 is 6.04 Å². The predicted molar refractivity (Wildman–Crippen MR) is 70.7 cm³/mol. The second kappa shape index (κ2) is 5.36. The Morgan fingerprint density at radius 1 is 1.35 bits per heavy atom. The highest BCUT2D eigenvalue weighted by atomic mass is 16.2. The standard InChI is InChI=1S/C13H27N3O/c1-13(2,3)11(14)12(17)16(5)10-6-8-15(4)9-7-10/h10-11H,6-9,14H2,1-5H3. The molecule has 1 amide bonds. The van der Waals surface area contributed by atoms with Crippen LogP contribution in [0.1, 0.15) is 33.6 Å². The van der Waals surface area contributed by atoms with Crippen molar-refractivity contribution in [3.63, 3.8) is 0 Å². The summed E-state index contributed by atoms with van der Waals surface area (Å²) in [7, 11) is 4.02. The van der Waals surface area contributed by atoms with E-state index in [2.05, 4.69) is 11.9 Å². The molecule has 0 aromatic carbocycles. The third-order valence-electron chi connectivity index (χ3n) is 3.78. The van der Waals surface area contributed by atoms with E-state index in [1.807, 2.05) is 32.7 Å². The summed E-state index contributed by atoms with van der Waals surface area (Å²) < 4.78 is 0. The van der Waals surface area contributed by atoms with Gasteiger partial charge in [-0.2, -0.15) is 0 Å². The van der Waals surface area contributed by atoms with E-state index in [0.29, 0.717) is 6.04 Å². The second-order valence-electron chi connectivity index (χ2n) is 6.33. The Morgan fingerprint density at radius 3 is 2.24 bits per heavy atom. The predicted octanol–water partition coefficient (Wildman–Crippen LogP) is 0.912. The molecule has 4 heteroatoms. The highest BCUT2D eigenvalue weighted by Gasteiger charge is 2.33. The van der Waals surface area contributed by atoms with Gasteiger partial charge in [-0.25, -0.2) is 0 Å². The molecule has 0 aliphatic carbocycles. The molecule has 1 saturated heterocycles. The molecule has 1 fully saturated rings. The summed E-state index contributed by atoms with van der Waals surface area (Å²) in [6.45, 7) is 8.16. The largest absolute Gasteiger partial charge is 0.341 e. The van der Waals surface area contributed by atoms with Gasteiger partial charge in [0.15, 0.2) is 0 Å². The Bertz CT molecular complexity index is 264. The topological polar surface area (TPSA) is 49.6 Å². The van der Waals surface area contributed by atoms with Gasteiger partial charge in [-0.3, -0.25) is 4.79 Å². The van der Waals surface area contributed by atoms with Crippen LogP contribution in [-0.4, -0.2) is 55.0 Å². The van der Waals surface area contributed by atoms with Gasteiger partial charge in [0.1, 0.15) is 0 Å². The molecule has 0 spiro atoms. The van der Waals surface area contributed by atoms with E-state index in [1.54, 1.807) is 0 Å². The zero-order chi connectivity index (χ0) is 13.2. The van der Waals surface area contributed by atoms with E-state index in [-0.39, 0.29) is 11.3 Å². The summed E-state index contributed by atoms with van der Waals surface area (Å²) in [5.41, 5.74) is 5.86. The molecule has 1 atom stereocenters. The number of amides is 1. The zero-order valence-electron chi connectivity index (χ0n) is 11.9. The van der Waals surface area contributed by atoms with Crippen LogP contribution in [0.5, 0.6) is 0 Å². The molecule has 0 saturated carbocycles. The van der Waals surface area contributed by atoms with Gasteiger partial charge in [-0.15, -0.1) is 0 Å². The first-order valence-corrected chi connectivity index (χ1v) is 6.44. The first-order valence-electron chi connectivity index (χ1n) is 6.44. The average Bonchev–Trinajstić information content (AvgIpc) is 2.26. The summed E-state index contributed by atoms with van der Waals surface area (Å²) >= 11 is 0. The summed E-state index contributed by atoms with van der Waals surface area (Å²) in [5.74, 6) is 0.0760. The van der Waals surface area contributed by atoms with Crippen molar-refractivity contribution in [2.45, 2.75) is 45.7 Å². The van der Waals surface area contributed by atoms with E-state index in [9.17, 15) is 4.79 Å². The monoisotopic (exact) mass is 241 g/mol. The fourth-order valence-corrected chi connectivity index (χ4v) is 2.15. The lowest BCUT2D eigenvalue weighted by Crippen LogP contribution is -2.53. The Balaban J connectivity index is 2.58. The number of hydrogen-bond acceptors (Lipinski definition) is 3. The van der Waals surface area contributed by atoms with Crippen molar-refractivity contribution in [2.75, 3.05) is 27.2 Å². The van der Waals surface area contributed by atoms with Gasteiger partial charge in [0.2, 0.25) is 5.91 Å². The lowest BCUT2D eigenvalue weighted by atomic mass is 9.86. The molecule has 0 radical (unpaired) electrons. The molecule has 1 rings (SSSR count). The van der Waals surface area contributed by atoms with Crippen LogP contribution in [0.2, 0.25) is 0 Å². The molecule has 1 aliphatic rings. The van der Waals surface area contributed by atoms with Crippen LogP contribution in [0.25, 0.3) is 0 Å². The van der Waals surface area contributed by atoms with Crippen LogP contribution < -0.4 is 5.73 Å². The van der Waals surface area contributed by atoms with Gasteiger partial charge >= 0.3 is 0 Å². The third kappa shape index (κ3) is 3.68. The van der Waals surface area contributed by atoms with Crippen molar-refractivity contribution in [3.05, 3.63) is 0 Å². The number of likely N-dealkylation sites (tertiary alicyclic amines) is 1. The fourth-order valence-electron chi connectivity index (χ4n) is 2.15. The summed E-state index contributed by atoms with van der Waals surface area (Å²) in [4.78, 5) is 16.4. The SMILES string of the molecule is CN1CCC(N(C)C(=O)C(N)C(C)(C)C)CC1. The summed E-state index contributed by atoms with van der Waals surface area (Å²) in [6, 6.07) is -0.0562. The highest BCUT2D eigenvalue weighted by molar-refractivity contribution is 5.82. The molecule has 0 aromatic rings. The smallest absolute Gasteiger partial charge is 0.240 e. The first kappa shape index (κ1) is 14.5. The summed E-state index contributed by atoms with van der Waals surface area (Å²) in [6.07, 6.45) is 2.10. The van der Waals surface area contributed by atoms with E-state index >= 15 is 0 Å². The molecule has 1 unspecified atom stereocenters. The van der Waals surface area contributed by atoms with Gasteiger partial charge in [0.05, 0.1) is 6.04 Å². The molecule has 1 aliphatic heterocycles. The number of piperidine rings is 1. The number of hydrogen-bond donors (Lipinski definition) is 1. The van der Waals surface area contributed by atoms with Crippen LogP contribution in [0.3, 0.4) is 0 Å². The Hall–Kier alpha value is -0.610. The molecule has 17 heavy (non-hydrogen) atoms. The normalized spacial score (nSPS) is 21.3. The molecule has 1 heterocycles. The number of rotatable bonds is 2. The van der Waals surface area contributed by atoms with Gasteiger partial charge in [0, 0.05) is 13.1 Å². The highest BCUT2D eigenvalue weighted by Crippen LogP contribution is 2.21. The van der Waals surface area contributed by atoms with Crippen molar-refractivity contribution >= 4 is 5.91 Å². The maximum Gasteiger partial charge on any atom is 0.240 e.